The number of rotatable bonds is 14. The SMILES string of the molecule is CCCCN(C)[PH](OCC)(N(C)CCCC)N(C)CCCC. The molecule has 0 heterocycles. The van der Waals surface area contributed by atoms with Crippen LogP contribution < -0.4 is 0 Å². The Hall–Kier alpha value is 0.270. The van der Waals surface area contributed by atoms with Gasteiger partial charge < -0.3 is 0 Å². The molecule has 4 nitrogen and oxygen atoms in total. The second kappa shape index (κ2) is 12.7. The number of hydrogen-bond donors (Lipinski definition) is 0. The molecular weight excluding hydrogens is 293 g/mol. The Labute approximate surface area is 140 Å². The first-order valence-corrected chi connectivity index (χ1v) is 11.0. The molecule has 5 heteroatoms. The van der Waals surface area contributed by atoms with E-state index in [1.807, 2.05) is 0 Å². The van der Waals surface area contributed by atoms with Gasteiger partial charge in [0.15, 0.2) is 0 Å². The number of hydrogen-bond acceptors (Lipinski definition) is 4. The zero-order chi connectivity index (χ0) is 17.0. The molecule has 0 rings (SSSR count). The predicted octanol–water partition coefficient (Wildman–Crippen LogP) is 4.63. The van der Waals surface area contributed by atoms with Gasteiger partial charge in [-0.3, -0.25) is 0 Å². The first kappa shape index (κ1) is 22.3. The van der Waals surface area contributed by atoms with Gasteiger partial charge in [-0.2, -0.15) is 0 Å². The van der Waals surface area contributed by atoms with Crippen molar-refractivity contribution in [3.8, 4) is 0 Å². The second-order valence-corrected chi connectivity index (χ2v) is 10.1. The topological polar surface area (TPSA) is 19.0 Å². The normalized spacial score (nSPS) is 13.5. The molecule has 0 spiro atoms. The fourth-order valence-corrected chi connectivity index (χ4v) is 7.17. The summed E-state index contributed by atoms with van der Waals surface area (Å²) in [5.74, 6) is 0. The monoisotopic (exact) mass is 335 g/mol. The van der Waals surface area contributed by atoms with E-state index in [0.717, 1.165) is 26.2 Å². The first-order valence-electron chi connectivity index (χ1n) is 9.28. The van der Waals surface area contributed by atoms with Gasteiger partial charge in [-0.05, 0) is 0 Å². The van der Waals surface area contributed by atoms with E-state index in [0.29, 0.717) is 0 Å². The van der Waals surface area contributed by atoms with Gasteiger partial charge in [-0.15, -0.1) is 0 Å². The summed E-state index contributed by atoms with van der Waals surface area (Å²) in [7, 11) is 4.58. The van der Waals surface area contributed by atoms with Crippen LogP contribution >= 0.6 is 7.94 Å². The quantitative estimate of drug-likeness (QED) is 0.431. The number of nitrogens with zero attached hydrogens (tertiary/aromatic N) is 3. The molecule has 0 saturated heterocycles. The Morgan fingerprint density at radius 1 is 0.636 bits per heavy atom. The van der Waals surface area contributed by atoms with E-state index in [-0.39, 0.29) is 0 Å². The van der Waals surface area contributed by atoms with Crippen molar-refractivity contribution >= 4 is 7.94 Å². The van der Waals surface area contributed by atoms with Crippen LogP contribution in [-0.4, -0.2) is 61.4 Å². The summed E-state index contributed by atoms with van der Waals surface area (Å²) in [6.07, 6.45) is 7.42. The van der Waals surface area contributed by atoms with Gasteiger partial charge in [0, 0.05) is 0 Å². The second-order valence-electron chi connectivity index (χ2n) is 6.33. The third-order valence-electron chi connectivity index (χ3n) is 4.37. The summed E-state index contributed by atoms with van der Waals surface area (Å²) in [6.45, 7) is 13.1. The van der Waals surface area contributed by atoms with Crippen LogP contribution in [0.1, 0.15) is 66.2 Å². The Morgan fingerprint density at radius 2 is 0.955 bits per heavy atom. The molecule has 0 aliphatic heterocycles. The summed E-state index contributed by atoms with van der Waals surface area (Å²) in [5.41, 5.74) is 0. The standard InChI is InChI=1S/C17H42N3OP/c1-8-12-15-18(5)22(21-11-4,19(6)16-13-9-2)20(7)17-14-10-3/h22H,8-17H2,1-7H3. The molecular formula is C17H42N3OP. The van der Waals surface area contributed by atoms with E-state index >= 15 is 0 Å². The third-order valence-corrected chi connectivity index (χ3v) is 8.70. The molecule has 0 aliphatic rings. The summed E-state index contributed by atoms with van der Waals surface area (Å²) in [6, 6.07) is 0. The van der Waals surface area contributed by atoms with E-state index in [4.69, 9.17) is 4.52 Å². The molecule has 0 amide bonds. The van der Waals surface area contributed by atoms with Gasteiger partial charge in [0.1, 0.15) is 0 Å². The molecule has 0 atom stereocenters. The molecule has 0 saturated carbocycles. The van der Waals surface area contributed by atoms with Crippen molar-refractivity contribution in [1.29, 1.82) is 0 Å². The Balaban J connectivity index is 5.30. The van der Waals surface area contributed by atoms with Crippen molar-refractivity contribution in [1.82, 2.24) is 14.0 Å². The summed E-state index contributed by atoms with van der Waals surface area (Å²) < 4.78 is 14.1. The van der Waals surface area contributed by atoms with Crippen molar-refractivity contribution in [2.75, 3.05) is 47.4 Å². The molecule has 0 aliphatic carbocycles. The van der Waals surface area contributed by atoms with Gasteiger partial charge in [0.05, 0.1) is 0 Å². The molecule has 136 valence electrons. The van der Waals surface area contributed by atoms with Crippen molar-refractivity contribution in [3.05, 3.63) is 0 Å². The average molecular weight is 336 g/mol. The summed E-state index contributed by atoms with van der Waals surface area (Å²) in [5, 5.41) is 0. The van der Waals surface area contributed by atoms with Crippen LogP contribution in [-0.2, 0) is 4.52 Å². The van der Waals surface area contributed by atoms with Gasteiger partial charge in [-0.25, -0.2) is 0 Å². The Bertz CT molecular complexity index is 230. The van der Waals surface area contributed by atoms with E-state index in [1.54, 1.807) is 0 Å². The van der Waals surface area contributed by atoms with Crippen LogP contribution in [0.15, 0.2) is 0 Å². The first-order chi connectivity index (χ1) is 10.5. The zero-order valence-corrected chi connectivity index (χ0v) is 17.3. The molecule has 0 N–H and O–H groups in total. The van der Waals surface area contributed by atoms with Crippen molar-refractivity contribution in [3.63, 3.8) is 0 Å². The van der Waals surface area contributed by atoms with Crippen LogP contribution in [0.25, 0.3) is 0 Å². The van der Waals surface area contributed by atoms with E-state index in [2.05, 4.69) is 62.8 Å². The fourth-order valence-electron chi connectivity index (χ4n) is 3.02. The molecule has 0 bridgehead atoms. The van der Waals surface area contributed by atoms with Gasteiger partial charge >= 0.3 is 140 Å². The van der Waals surface area contributed by atoms with E-state index in [9.17, 15) is 0 Å². The predicted molar refractivity (Wildman–Crippen MR) is 103 cm³/mol. The van der Waals surface area contributed by atoms with Crippen molar-refractivity contribution in [2.45, 2.75) is 66.2 Å². The zero-order valence-electron chi connectivity index (χ0n) is 16.3. The van der Waals surface area contributed by atoms with Crippen molar-refractivity contribution < 1.29 is 4.52 Å². The Kier molecular flexibility index (Phi) is 12.8. The van der Waals surface area contributed by atoms with Gasteiger partial charge in [0.25, 0.3) is 0 Å². The minimum absolute atomic E-state index is 0.787. The molecule has 0 unspecified atom stereocenters. The van der Waals surface area contributed by atoms with Crippen LogP contribution in [0.3, 0.4) is 0 Å². The molecule has 0 fully saturated rings. The van der Waals surface area contributed by atoms with Crippen LogP contribution in [0.2, 0.25) is 0 Å². The average Bonchev–Trinajstić information content (AvgIpc) is 2.52. The third kappa shape index (κ3) is 6.41. The fraction of sp³-hybridized carbons (Fsp3) is 1.00. The summed E-state index contributed by atoms with van der Waals surface area (Å²) >= 11 is 0. The van der Waals surface area contributed by atoms with Crippen LogP contribution in [0.4, 0.5) is 0 Å². The van der Waals surface area contributed by atoms with Crippen LogP contribution in [0.5, 0.6) is 0 Å². The van der Waals surface area contributed by atoms with Gasteiger partial charge in [0.2, 0.25) is 0 Å². The molecule has 0 radical (unpaired) electrons. The Morgan fingerprint density at radius 3 is 1.18 bits per heavy atom. The maximum absolute atomic E-state index is 6.52. The van der Waals surface area contributed by atoms with Crippen molar-refractivity contribution in [2.24, 2.45) is 0 Å². The maximum atomic E-state index is 6.52. The molecule has 22 heavy (non-hydrogen) atoms. The molecule has 0 aromatic heterocycles. The summed E-state index contributed by atoms with van der Waals surface area (Å²) in [4.78, 5) is 0. The number of unbranched alkanes of at least 4 members (excludes halogenated alkanes) is 3. The van der Waals surface area contributed by atoms with E-state index in [1.165, 1.54) is 38.5 Å². The van der Waals surface area contributed by atoms with Crippen LogP contribution in [0, 0.1) is 0 Å². The van der Waals surface area contributed by atoms with Gasteiger partial charge in [-0.1, -0.05) is 0 Å². The minimum atomic E-state index is -2.22. The van der Waals surface area contributed by atoms with E-state index < -0.39 is 7.94 Å². The molecule has 0 aromatic carbocycles. The molecule has 0 aromatic rings.